The molecule has 198 valence electrons. The molecule has 12 heteroatoms. The number of hydrogen-bond donors (Lipinski definition) is 6. The van der Waals surface area contributed by atoms with Crippen molar-refractivity contribution in [3.8, 4) is 5.75 Å². The topological polar surface area (TPSA) is 194 Å². The number of hydrogen-bond acceptors (Lipinski definition) is 10. The maximum atomic E-state index is 13.6. The monoisotopic (exact) mass is 514 g/mol. The second-order valence-electron chi connectivity index (χ2n) is 10.2. The summed E-state index contributed by atoms with van der Waals surface area (Å²) in [5, 5.41) is 46.9. The van der Waals surface area contributed by atoms with Crippen LogP contribution in [-0.4, -0.2) is 100.0 Å². The van der Waals surface area contributed by atoms with E-state index >= 15 is 0 Å². The van der Waals surface area contributed by atoms with E-state index < -0.39 is 63.8 Å². The van der Waals surface area contributed by atoms with Gasteiger partial charge in [-0.1, -0.05) is 0 Å². The van der Waals surface area contributed by atoms with Crippen LogP contribution in [-0.2, 0) is 20.8 Å². The lowest BCUT2D eigenvalue weighted by molar-refractivity contribution is -0.148. The lowest BCUT2D eigenvalue weighted by atomic mass is 9.58. The Bertz CT molecular complexity index is 1300. The zero-order valence-electron chi connectivity index (χ0n) is 20.9. The first-order valence-corrected chi connectivity index (χ1v) is 11.7. The van der Waals surface area contributed by atoms with Crippen molar-refractivity contribution < 1.29 is 39.6 Å². The van der Waals surface area contributed by atoms with Crippen LogP contribution >= 0.6 is 0 Å². The summed E-state index contributed by atoms with van der Waals surface area (Å²) >= 11 is 0. The second kappa shape index (κ2) is 8.98. The number of Topliss-reactive ketones (excluding diaryl/α,β-unsaturated/α-hetero) is 2. The van der Waals surface area contributed by atoms with Crippen LogP contribution in [0.5, 0.6) is 5.75 Å². The molecule has 1 aromatic rings. The zero-order valence-corrected chi connectivity index (χ0v) is 20.9. The highest BCUT2D eigenvalue weighted by Crippen LogP contribution is 2.52. The first-order valence-electron chi connectivity index (χ1n) is 11.7. The van der Waals surface area contributed by atoms with Gasteiger partial charge >= 0.3 is 0 Å². The lowest BCUT2D eigenvalue weighted by Gasteiger charge is -2.50. The molecular formula is C25H30N4O8. The van der Waals surface area contributed by atoms with E-state index in [1.54, 1.807) is 33.1 Å². The van der Waals surface area contributed by atoms with E-state index in [4.69, 9.17) is 5.73 Å². The largest absolute Gasteiger partial charge is 0.510 e. The number of phenols is 1. The van der Waals surface area contributed by atoms with Gasteiger partial charge in [0.2, 0.25) is 11.7 Å². The normalized spacial score (nSPS) is 27.3. The number of fused-ring (bicyclic) bond motifs is 3. The van der Waals surface area contributed by atoms with Crippen molar-refractivity contribution in [3.05, 3.63) is 45.9 Å². The fraction of sp³-hybridized carbons (Fsp3) is 0.440. The second-order valence-corrected chi connectivity index (χ2v) is 10.2. The molecule has 1 aromatic carbocycles. The highest BCUT2D eigenvalue weighted by atomic mass is 16.3. The van der Waals surface area contributed by atoms with Gasteiger partial charge in [0.15, 0.2) is 11.4 Å². The summed E-state index contributed by atoms with van der Waals surface area (Å²) in [6.07, 6.45) is 0.0486. The quantitative estimate of drug-likeness (QED) is 0.223. The van der Waals surface area contributed by atoms with Gasteiger partial charge < -0.3 is 36.4 Å². The number of anilines is 1. The highest BCUT2D eigenvalue weighted by Gasteiger charge is 2.63. The first kappa shape index (κ1) is 26.3. The van der Waals surface area contributed by atoms with E-state index in [0.717, 1.165) is 0 Å². The number of nitrogens with two attached hydrogens (primary N) is 1. The highest BCUT2D eigenvalue weighted by molar-refractivity contribution is 6.25. The average Bonchev–Trinajstić information content (AvgIpc) is 2.77. The van der Waals surface area contributed by atoms with Crippen LogP contribution in [0.1, 0.15) is 22.3 Å². The molecule has 3 unspecified atom stereocenters. The summed E-state index contributed by atoms with van der Waals surface area (Å²) in [5.74, 6) is -7.54. The molecule has 0 radical (unpaired) electrons. The Morgan fingerprint density at radius 1 is 1.14 bits per heavy atom. The number of rotatable bonds is 5. The average molecular weight is 515 g/mol. The molecule has 0 saturated heterocycles. The number of carbonyl (C=O) groups excluding carboxylic acids is 4. The van der Waals surface area contributed by atoms with E-state index in [9.17, 15) is 39.6 Å². The summed E-state index contributed by atoms with van der Waals surface area (Å²) < 4.78 is 0. The van der Waals surface area contributed by atoms with E-state index in [1.165, 1.54) is 17.0 Å². The van der Waals surface area contributed by atoms with E-state index in [0.29, 0.717) is 11.3 Å². The zero-order chi connectivity index (χ0) is 27.6. The van der Waals surface area contributed by atoms with Gasteiger partial charge in [-0.3, -0.25) is 24.1 Å². The number of nitrogens with one attached hydrogen (secondary N) is 1. The molecule has 12 nitrogen and oxygen atoms in total. The number of amides is 2. The van der Waals surface area contributed by atoms with E-state index in [-0.39, 0.29) is 36.4 Å². The Kier molecular flexibility index (Phi) is 6.39. The molecule has 0 saturated carbocycles. The Morgan fingerprint density at radius 2 is 1.78 bits per heavy atom. The van der Waals surface area contributed by atoms with Crippen LogP contribution in [0.15, 0.2) is 34.8 Å². The van der Waals surface area contributed by atoms with Crippen molar-refractivity contribution in [2.24, 2.45) is 17.6 Å². The smallest absolute Gasteiger partial charge is 0.255 e. The molecule has 3 aliphatic carbocycles. The van der Waals surface area contributed by atoms with Crippen molar-refractivity contribution >= 4 is 29.1 Å². The number of aliphatic hydroxyl groups is 3. The summed E-state index contributed by atoms with van der Waals surface area (Å²) in [6.45, 7) is 0.0779. The summed E-state index contributed by atoms with van der Waals surface area (Å²) in [7, 11) is 6.56. The number of primary amides is 1. The Balaban J connectivity index is 1.88. The minimum atomic E-state index is -2.70. The van der Waals surface area contributed by atoms with Crippen molar-refractivity contribution in [2.45, 2.75) is 24.5 Å². The number of aromatic hydroxyl groups is 1. The summed E-state index contributed by atoms with van der Waals surface area (Å²) in [4.78, 5) is 54.5. The molecular weight excluding hydrogens is 484 g/mol. The number of carbonyl (C=O) groups is 4. The van der Waals surface area contributed by atoms with Crippen LogP contribution in [0, 0.1) is 11.8 Å². The molecule has 0 heterocycles. The third-order valence-corrected chi connectivity index (χ3v) is 7.34. The van der Waals surface area contributed by atoms with Crippen LogP contribution < -0.4 is 11.1 Å². The summed E-state index contributed by atoms with van der Waals surface area (Å²) in [5.41, 5.74) is 2.01. The van der Waals surface area contributed by atoms with Gasteiger partial charge in [-0.15, -0.1) is 0 Å². The van der Waals surface area contributed by atoms with Crippen molar-refractivity contribution in [1.29, 1.82) is 0 Å². The number of aliphatic hydroxyl groups excluding tert-OH is 2. The van der Waals surface area contributed by atoms with Crippen molar-refractivity contribution in [2.75, 3.05) is 40.1 Å². The van der Waals surface area contributed by atoms with Gasteiger partial charge in [0.05, 0.1) is 18.2 Å². The maximum Gasteiger partial charge on any atom is 0.255 e. The first-order chi connectivity index (χ1) is 17.2. The molecule has 4 rings (SSSR count). The van der Waals surface area contributed by atoms with Gasteiger partial charge in [0.1, 0.15) is 22.8 Å². The van der Waals surface area contributed by atoms with Crippen LogP contribution in [0.2, 0.25) is 0 Å². The number of ketones is 2. The van der Waals surface area contributed by atoms with Crippen LogP contribution in [0.25, 0.3) is 0 Å². The Morgan fingerprint density at radius 3 is 2.35 bits per heavy atom. The third-order valence-electron chi connectivity index (χ3n) is 7.34. The SMILES string of the molecule is CN(C)CC(=O)Nc1ccc(O)c2c1CC1CC3C(N(C)C)C(O)=C(C(N)=O)C(=O)[C@@]3(O)C(O)=C1C2=O. The molecule has 0 spiro atoms. The number of phenolic OH excluding ortho intramolecular Hbond substituents is 1. The van der Waals surface area contributed by atoms with Gasteiger partial charge in [0.25, 0.3) is 5.91 Å². The van der Waals surface area contributed by atoms with Crippen LogP contribution in [0.4, 0.5) is 5.69 Å². The predicted octanol–water partition coefficient (Wildman–Crippen LogP) is -0.379. The van der Waals surface area contributed by atoms with Gasteiger partial charge in [-0.2, -0.15) is 0 Å². The molecule has 3 aliphatic rings. The fourth-order valence-electron chi connectivity index (χ4n) is 5.84. The van der Waals surface area contributed by atoms with Gasteiger partial charge in [-0.25, -0.2) is 0 Å². The summed E-state index contributed by atoms with van der Waals surface area (Å²) in [6, 6.07) is 1.64. The number of nitrogens with zero attached hydrogens (tertiary/aromatic N) is 2. The molecule has 4 atom stereocenters. The standard InChI is InChI=1S/C25H30N4O8/c1-28(2)9-15(31)27-13-5-6-14(30)17-11(13)7-10-8-12-19(29(3)4)21(33)18(24(26)36)23(35)25(12,37)22(34)16(10)20(17)32/h5-6,10,12,19,30,33-34,37H,7-9H2,1-4H3,(H2,26,36)(H,27,31)/t10?,12?,19?,25-/m0/s1. The van der Waals surface area contributed by atoms with E-state index in [1.807, 2.05) is 0 Å². The van der Waals surface area contributed by atoms with Crippen molar-refractivity contribution in [1.82, 2.24) is 9.80 Å². The molecule has 2 amide bonds. The molecule has 0 aliphatic heterocycles. The third kappa shape index (κ3) is 3.88. The minimum absolute atomic E-state index is 0.0352. The Hall–Kier alpha value is -3.74. The van der Waals surface area contributed by atoms with Gasteiger partial charge in [-0.05, 0) is 64.6 Å². The van der Waals surface area contributed by atoms with Gasteiger partial charge in [0, 0.05) is 17.2 Å². The minimum Gasteiger partial charge on any atom is -0.510 e. The molecule has 0 fully saturated rings. The predicted molar refractivity (Wildman–Crippen MR) is 131 cm³/mol. The fourth-order valence-corrected chi connectivity index (χ4v) is 5.84. The Labute approximate surface area is 212 Å². The van der Waals surface area contributed by atoms with E-state index in [2.05, 4.69) is 5.32 Å². The molecule has 37 heavy (non-hydrogen) atoms. The number of likely N-dealkylation sites (N-methyl/N-ethyl adjacent to an activating group) is 2. The number of benzene rings is 1. The lowest BCUT2D eigenvalue weighted by Crippen LogP contribution is -2.63. The molecule has 7 N–H and O–H groups in total. The van der Waals surface area contributed by atoms with Crippen LogP contribution in [0.3, 0.4) is 0 Å². The molecule has 0 bridgehead atoms. The van der Waals surface area contributed by atoms with Crippen molar-refractivity contribution in [3.63, 3.8) is 0 Å². The molecule has 0 aromatic heterocycles. The maximum absolute atomic E-state index is 13.6. The number of allylic oxidation sites excluding steroid dienone is 1.